The molecule has 0 spiro atoms. The molecule has 0 aliphatic heterocycles. The highest BCUT2D eigenvalue weighted by Crippen LogP contribution is 2.23. The summed E-state index contributed by atoms with van der Waals surface area (Å²) < 4.78 is 11.2. The number of carbonyl (C=O) groups excluding carboxylic acids is 2. The number of thioether (sulfide) groups is 1. The summed E-state index contributed by atoms with van der Waals surface area (Å²) >= 11 is 7.67. The summed E-state index contributed by atoms with van der Waals surface area (Å²) in [5.74, 6) is 0.159. The van der Waals surface area contributed by atoms with Gasteiger partial charge in [0, 0.05) is 5.56 Å². The van der Waals surface area contributed by atoms with Gasteiger partial charge in [-0.1, -0.05) is 41.4 Å². The summed E-state index contributed by atoms with van der Waals surface area (Å²) in [6.45, 7) is 3.63. The number of aromatic nitrogens is 2. The largest absolute Gasteiger partial charge is 0.451 e. The van der Waals surface area contributed by atoms with Crippen LogP contribution in [0.3, 0.4) is 0 Å². The summed E-state index contributed by atoms with van der Waals surface area (Å²) in [5.41, 5.74) is 2.19. The van der Waals surface area contributed by atoms with E-state index in [1.54, 1.807) is 43.0 Å². The standard InChI is InChI=1S/C23H24ClN3O4S/c1-14-8-10-16(11-9-14)22-27-26-21(31-22)15(2)30-23(29)19(12-13-32-3)25-20(28)17-6-4-5-7-18(17)24/h4-11,15,19H,12-13H2,1-3H3,(H,25,28). The van der Waals surface area contributed by atoms with Crippen LogP contribution < -0.4 is 5.32 Å². The van der Waals surface area contributed by atoms with Crippen molar-refractivity contribution in [3.63, 3.8) is 0 Å². The van der Waals surface area contributed by atoms with Crippen molar-refractivity contribution in [1.82, 2.24) is 15.5 Å². The maximum absolute atomic E-state index is 12.8. The second-order valence-corrected chi connectivity index (χ2v) is 8.57. The molecule has 1 amide bonds. The van der Waals surface area contributed by atoms with Crippen LogP contribution in [0.2, 0.25) is 5.02 Å². The van der Waals surface area contributed by atoms with Gasteiger partial charge in [0.25, 0.3) is 11.8 Å². The number of carbonyl (C=O) groups is 2. The minimum absolute atomic E-state index is 0.176. The van der Waals surface area contributed by atoms with Crippen LogP contribution in [0, 0.1) is 6.92 Å². The van der Waals surface area contributed by atoms with Crippen molar-refractivity contribution in [1.29, 1.82) is 0 Å². The summed E-state index contributed by atoms with van der Waals surface area (Å²) in [5, 5.41) is 11.1. The molecule has 1 heterocycles. The quantitative estimate of drug-likeness (QED) is 0.443. The van der Waals surface area contributed by atoms with Crippen LogP contribution in [0.25, 0.3) is 11.5 Å². The number of aryl methyl sites for hydroxylation is 1. The Balaban J connectivity index is 1.68. The molecule has 2 atom stereocenters. The first-order valence-corrected chi connectivity index (χ1v) is 11.8. The van der Waals surface area contributed by atoms with Crippen LogP contribution in [0.1, 0.15) is 41.3 Å². The van der Waals surface area contributed by atoms with Crippen molar-refractivity contribution < 1.29 is 18.7 Å². The van der Waals surface area contributed by atoms with E-state index in [1.807, 2.05) is 37.4 Å². The number of halogens is 1. The van der Waals surface area contributed by atoms with Gasteiger partial charge < -0.3 is 14.5 Å². The van der Waals surface area contributed by atoms with Crippen LogP contribution in [0.4, 0.5) is 0 Å². The Morgan fingerprint density at radius 1 is 1.16 bits per heavy atom. The molecule has 2 unspecified atom stereocenters. The lowest BCUT2D eigenvalue weighted by Gasteiger charge is -2.19. The summed E-state index contributed by atoms with van der Waals surface area (Å²) in [4.78, 5) is 25.5. The fraction of sp³-hybridized carbons (Fsp3) is 0.304. The first kappa shape index (κ1) is 23.8. The number of nitrogens with zero attached hydrogens (tertiary/aromatic N) is 2. The molecule has 1 aromatic heterocycles. The SMILES string of the molecule is CSCCC(NC(=O)c1ccccc1Cl)C(=O)OC(C)c1nnc(-c2ccc(C)cc2)o1. The van der Waals surface area contributed by atoms with Gasteiger partial charge in [-0.05, 0) is 56.5 Å². The molecular formula is C23H24ClN3O4S. The highest BCUT2D eigenvalue weighted by Gasteiger charge is 2.27. The lowest BCUT2D eigenvalue weighted by molar-refractivity contribution is -0.152. The Morgan fingerprint density at radius 3 is 2.56 bits per heavy atom. The third-order valence-electron chi connectivity index (χ3n) is 4.70. The van der Waals surface area contributed by atoms with Crippen molar-refractivity contribution in [2.75, 3.05) is 12.0 Å². The van der Waals surface area contributed by atoms with Crippen LogP contribution in [-0.2, 0) is 9.53 Å². The molecule has 0 radical (unpaired) electrons. The second kappa shape index (κ2) is 11.2. The van der Waals surface area contributed by atoms with E-state index in [0.717, 1.165) is 11.1 Å². The fourth-order valence-corrected chi connectivity index (χ4v) is 3.58. The average Bonchev–Trinajstić information content (AvgIpc) is 3.27. The van der Waals surface area contributed by atoms with Crippen LogP contribution in [-0.4, -0.2) is 40.1 Å². The number of nitrogens with one attached hydrogen (secondary N) is 1. The number of amides is 1. The monoisotopic (exact) mass is 473 g/mol. The molecule has 0 saturated carbocycles. The number of rotatable bonds is 9. The molecule has 1 N–H and O–H groups in total. The van der Waals surface area contributed by atoms with Gasteiger partial charge in [-0.15, -0.1) is 10.2 Å². The molecule has 3 rings (SSSR count). The molecule has 9 heteroatoms. The molecule has 0 bridgehead atoms. The lowest BCUT2D eigenvalue weighted by atomic mass is 10.1. The zero-order chi connectivity index (χ0) is 23.1. The normalized spacial score (nSPS) is 12.8. The van der Waals surface area contributed by atoms with Crippen LogP contribution in [0.5, 0.6) is 0 Å². The third-order valence-corrected chi connectivity index (χ3v) is 5.67. The zero-order valence-electron chi connectivity index (χ0n) is 18.0. The molecule has 0 aliphatic rings. The Bertz CT molecular complexity index is 1070. The molecule has 3 aromatic rings. The van der Waals surface area contributed by atoms with Gasteiger partial charge >= 0.3 is 5.97 Å². The van der Waals surface area contributed by atoms with Crippen molar-refractivity contribution >= 4 is 35.2 Å². The van der Waals surface area contributed by atoms with E-state index in [4.69, 9.17) is 20.8 Å². The van der Waals surface area contributed by atoms with E-state index in [2.05, 4.69) is 15.5 Å². The van der Waals surface area contributed by atoms with Gasteiger partial charge in [-0.25, -0.2) is 4.79 Å². The third kappa shape index (κ3) is 6.11. The van der Waals surface area contributed by atoms with Crippen molar-refractivity contribution in [3.05, 3.63) is 70.6 Å². The number of hydrogen-bond acceptors (Lipinski definition) is 7. The van der Waals surface area contributed by atoms with E-state index < -0.39 is 24.0 Å². The van der Waals surface area contributed by atoms with Crippen molar-refractivity contribution in [2.24, 2.45) is 0 Å². The highest BCUT2D eigenvalue weighted by molar-refractivity contribution is 7.98. The number of esters is 1. The molecule has 2 aromatic carbocycles. The van der Waals surface area contributed by atoms with Crippen molar-refractivity contribution in [3.8, 4) is 11.5 Å². The predicted octanol–water partition coefficient (Wildman–Crippen LogP) is 4.85. The van der Waals surface area contributed by atoms with E-state index >= 15 is 0 Å². The van der Waals surface area contributed by atoms with Gasteiger partial charge in [-0.3, -0.25) is 4.79 Å². The average molecular weight is 474 g/mol. The van der Waals surface area contributed by atoms with Gasteiger partial charge in [0.15, 0.2) is 6.10 Å². The van der Waals surface area contributed by atoms with E-state index in [9.17, 15) is 9.59 Å². The maximum atomic E-state index is 12.8. The molecule has 7 nitrogen and oxygen atoms in total. The number of hydrogen-bond donors (Lipinski definition) is 1. The summed E-state index contributed by atoms with van der Waals surface area (Å²) in [6, 6.07) is 13.5. The van der Waals surface area contributed by atoms with Gasteiger partial charge in [-0.2, -0.15) is 11.8 Å². The second-order valence-electron chi connectivity index (χ2n) is 7.18. The first-order valence-electron chi connectivity index (χ1n) is 10.0. The molecule has 32 heavy (non-hydrogen) atoms. The van der Waals surface area contributed by atoms with E-state index in [0.29, 0.717) is 28.7 Å². The zero-order valence-corrected chi connectivity index (χ0v) is 19.6. The first-order chi connectivity index (χ1) is 15.4. The lowest BCUT2D eigenvalue weighted by Crippen LogP contribution is -2.42. The fourth-order valence-electron chi connectivity index (χ4n) is 2.88. The Kier molecular flexibility index (Phi) is 8.30. The Hall–Kier alpha value is -2.84. The predicted molar refractivity (Wildman–Crippen MR) is 125 cm³/mol. The smallest absolute Gasteiger partial charge is 0.329 e. The van der Waals surface area contributed by atoms with E-state index in [-0.39, 0.29) is 5.89 Å². The molecular weight excluding hydrogens is 450 g/mol. The minimum atomic E-state index is -0.840. The summed E-state index contributed by atoms with van der Waals surface area (Å²) in [7, 11) is 0. The van der Waals surface area contributed by atoms with E-state index in [1.165, 1.54) is 0 Å². The summed E-state index contributed by atoms with van der Waals surface area (Å²) in [6.07, 6.45) is 1.55. The number of benzene rings is 2. The Morgan fingerprint density at radius 2 is 1.88 bits per heavy atom. The number of ether oxygens (including phenoxy) is 1. The van der Waals surface area contributed by atoms with Crippen molar-refractivity contribution in [2.45, 2.75) is 32.4 Å². The highest BCUT2D eigenvalue weighted by atomic mass is 35.5. The molecule has 0 saturated heterocycles. The minimum Gasteiger partial charge on any atom is -0.451 e. The topological polar surface area (TPSA) is 94.3 Å². The Labute approximate surface area is 195 Å². The molecule has 0 aliphatic carbocycles. The molecule has 0 fully saturated rings. The maximum Gasteiger partial charge on any atom is 0.329 e. The van der Waals surface area contributed by atoms with Crippen LogP contribution >= 0.6 is 23.4 Å². The van der Waals surface area contributed by atoms with Gasteiger partial charge in [0.1, 0.15) is 6.04 Å². The van der Waals surface area contributed by atoms with Gasteiger partial charge in [0.2, 0.25) is 5.89 Å². The molecule has 168 valence electrons. The van der Waals surface area contributed by atoms with Gasteiger partial charge in [0.05, 0.1) is 10.6 Å². The van der Waals surface area contributed by atoms with Crippen LogP contribution in [0.15, 0.2) is 52.9 Å².